The lowest BCUT2D eigenvalue weighted by molar-refractivity contribution is 0.185. The van der Waals surface area contributed by atoms with Crippen molar-refractivity contribution in [3.8, 4) is 0 Å². The highest BCUT2D eigenvalue weighted by atomic mass is 127. The van der Waals surface area contributed by atoms with Crippen molar-refractivity contribution >= 4 is 53.1 Å². The van der Waals surface area contributed by atoms with Crippen molar-refractivity contribution in [2.24, 2.45) is 10.7 Å². The molecule has 3 N–H and O–H groups in total. The van der Waals surface area contributed by atoms with E-state index in [9.17, 15) is 0 Å². The molecule has 2 aromatic carbocycles. The van der Waals surface area contributed by atoms with Gasteiger partial charge in [0.25, 0.3) is 0 Å². The molecule has 0 bridgehead atoms. The number of aliphatic imine (C=N–C) groups is 1. The minimum absolute atomic E-state index is 0. The average Bonchev–Trinajstić information content (AvgIpc) is 2.54. The fourth-order valence-electron chi connectivity index (χ4n) is 2.28. The fraction of sp³-hybridized carbons (Fsp3) is 0.278. The van der Waals surface area contributed by atoms with E-state index < -0.39 is 0 Å². The van der Waals surface area contributed by atoms with Crippen LogP contribution in [0.5, 0.6) is 0 Å². The van der Waals surface area contributed by atoms with E-state index >= 15 is 0 Å². The van der Waals surface area contributed by atoms with Gasteiger partial charge in [0.2, 0.25) is 0 Å². The zero-order chi connectivity index (χ0) is 17.5. The normalized spacial score (nSPS) is 12.4. The Morgan fingerprint density at radius 2 is 1.80 bits per heavy atom. The molecule has 25 heavy (non-hydrogen) atoms. The maximum Gasteiger partial charge on any atom is 0.189 e. The van der Waals surface area contributed by atoms with E-state index in [1.54, 1.807) is 19.2 Å². The van der Waals surface area contributed by atoms with Gasteiger partial charge in [-0.2, -0.15) is 0 Å². The van der Waals surface area contributed by atoms with Gasteiger partial charge >= 0.3 is 0 Å². The number of benzene rings is 2. The number of methoxy groups -OCH3 is 1. The van der Waals surface area contributed by atoms with Gasteiger partial charge in [-0.15, -0.1) is 24.0 Å². The molecule has 0 amide bonds. The third-order valence-electron chi connectivity index (χ3n) is 3.56. The topological polar surface area (TPSA) is 59.6 Å². The van der Waals surface area contributed by atoms with E-state index in [4.69, 9.17) is 33.7 Å². The summed E-state index contributed by atoms with van der Waals surface area (Å²) in [7, 11) is 1.68. The number of ether oxygens (including phenoxy) is 1. The first-order chi connectivity index (χ1) is 11.5. The lowest BCUT2D eigenvalue weighted by Gasteiger charge is -2.16. The van der Waals surface area contributed by atoms with Crippen LogP contribution in [0.3, 0.4) is 0 Å². The molecule has 1 atom stereocenters. The first kappa shape index (κ1) is 22.0. The average molecular weight is 494 g/mol. The summed E-state index contributed by atoms with van der Waals surface area (Å²) in [6.07, 6.45) is 0. The first-order valence-electron chi connectivity index (χ1n) is 7.57. The summed E-state index contributed by atoms with van der Waals surface area (Å²) < 4.78 is 5.09. The summed E-state index contributed by atoms with van der Waals surface area (Å²) in [6, 6.07) is 13.4. The molecular weight excluding hydrogens is 472 g/mol. The van der Waals surface area contributed by atoms with E-state index in [1.165, 1.54) is 0 Å². The van der Waals surface area contributed by atoms with Crippen molar-refractivity contribution in [1.82, 2.24) is 5.32 Å². The molecule has 0 aliphatic heterocycles. The predicted molar refractivity (Wildman–Crippen MR) is 116 cm³/mol. The van der Waals surface area contributed by atoms with Crippen molar-refractivity contribution in [3.63, 3.8) is 0 Å². The molecule has 0 spiro atoms. The maximum atomic E-state index is 6.21. The molecular formula is C18H22Cl2IN3O. The molecule has 0 aromatic heterocycles. The Kier molecular flexibility index (Phi) is 9.56. The molecule has 0 aliphatic carbocycles. The van der Waals surface area contributed by atoms with Crippen molar-refractivity contribution in [3.05, 3.63) is 69.2 Å². The number of halogens is 3. The molecule has 0 radical (unpaired) electrons. The van der Waals surface area contributed by atoms with Gasteiger partial charge in [-0.05, 0) is 35.7 Å². The Balaban J connectivity index is 0.00000312. The third-order valence-corrected chi connectivity index (χ3v) is 4.12. The predicted octanol–water partition coefficient (Wildman–Crippen LogP) is 4.92. The van der Waals surface area contributed by atoms with Crippen molar-refractivity contribution in [2.45, 2.75) is 26.1 Å². The van der Waals surface area contributed by atoms with Crippen LogP contribution in [0.25, 0.3) is 0 Å². The second kappa shape index (κ2) is 10.9. The van der Waals surface area contributed by atoms with Gasteiger partial charge < -0.3 is 15.8 Å². The van der Waals surface area contributed by atoms with Gasteiger partial charge in [0.05, 0.1) is 19.2 Å². The fourth-order valence-corrected chi connectivity index (χ4v) is 2.85. The van der Waals surface area contributed by atoms with Crippen LogP contribution in [0, 0.1) is 0 Å². The lowest BCUT2D eigenvalue weighted by atomic mass is 10.1. The summed E-state index contributed by atoms with van der Waals surface area (Å²) in [6.45, 7) is 3.08. The molecule has 0 fully saturated rings. The Labute approximate surface area is 175 Å². The SMILES string of the molecule is COCc1ccc(CN=C(N)NC(C)c2ccc(Cl)cc2Cl)cc1.I. The Hall–Kier alpha value is -1.02. The van der Waals surface area contributed by atoms with Crippen molar-refractivity contribution in [1.29, 1.82) is 0 Å². The molecule has 0 saturated heterocycles. The van der Waals surface area contributed by atoms with Gasteiger partial charge in [-0.1, -0.05) is 53.5 Å². The van der Waals surface area contributed by atoms with Crippen LogP contribution in [-0.2, 0) is 17.9 Å². The molecule has 136 valence electrons. The monoisotopic (exact) mass is 493 g/mol. The molecule has 7 heteroatoms. The van der Waals surface area contributed by atoms with Gasteiger partial charge in [-0.3, -0.25) is 0 Å². The number of nitrogens with one attached hydrogen (secondary N) is 1. The molecule has 2 rings (SSSR count). The zero-order valence-electron chi connectivity index (χ0n) is 14.1. The largest absolute Gasteiger partial charge is 0.380 e. The summed E-state index contributed by atoms with van der Waals surface area (Å²) in [4.78, 5) is 4.37. The Morgan fingerprint density at radius 1 is 1.16 bits per heavy atom. The van der Waals surface area contributed by atoms with Crippen LogP contribution < -0.4 is 11.1 Å². The highest BCUT2D eigenvalue weighted by Crippen LogP contribution is 2.25. The van der Waals surface area contributed by atoms with Gasteiger partial charge in [0, 0.05) is 17.2 Å². The maximum absolute atomic E-state index is 6.21. The first-order valence-corrected chi connectivity index (χ1v) is 8.33. The standard InChI is InChI=1S/C18H21Cl2N3O.HI/c1-12(16-8-7-15(19)9-17(16)20)23-18(21)22-10-13-3-5-14(6-4-13)11-24-2;/h3-9,12H,10-11H2,1-2H3,(H3,21,22,23);1H. The number of guanidine groups is 1. The number of hydrogen-bond acceptors (Lipinski definition) is 2. The summed E-state index contributed by atoms with van der Waals surface area (Å²) in [5.74, 6) is 0.370. The molecule has 0 saturated carbocycles. The Morgan fingerprint density at radius 3 is 2.40 bits per heavy atom. The number of nitrogens with two attached hydrogens (primary N) is 1. The van der Waals surface area contributed by atoms with E-state index in [-0.39, 0.29) is 30.0 Å². The zero-order valence-corrected chi connectivity index (χ0v) is 18.0. The number of hydrogen-bond donors (Lipinski definition) is 2. The highest BCUT2D eigenvalue weighted by Gasteiger charge is 2.10. The van der Waals surface area contributed by atoms with E-state index in [0.29, 0.717) is 29.2 Å². The molecule has 1 unspecified atom stereocenters. The van der Waals surface area contributed by atoms with Crippen LogP contribution in [-0.4, -0.2) is 13.1 Å². The van der Waals surface area contributed by atoms with Crippen LogP contribution in [0.1, 0.15) is 29.7 Å². The third kappa shape index (κ3) is 7.01. The van der Waals surface area contributed by atoms with Crippen LogP contribution >= 0.6 is 47.2 Å². The minimum Gasteiger partial charge on any atom is -0.380 e. The van der Waals surface area contributed by atoms with Gasteiger partial charge in [-0.25, -0.2) is 4.99 Å². The van der Waals surface area contributed by atoms with E-state index in [1.807, 2.05) is 37.3 Å². The summed E-state index contributed by atoms with van der Waals surface area (Å²) >= 11 is 12.1. The van der Waals surface area contributed by atoms with Gasteiger partial charge in [0.15, 0.2) is 5.96 Å². The highest BCUT2D eigenvalue weighted by molar-refractivity contribution is 14.0. The Bertz CT molecular complexity index is 708. The molecule has 4 nitrogen and oxygen atoms in total. The van der Waals surface area contributed by atoms with Crippen LogP contribution in [0.4, 0.5) is 0 Å². The smallest absolute Gasteiger partial charge is 0.189 e. The molecule has 0 aliphatic rings. The second-order valence-corrected chi connectivity index (χ2v) is 6.33. The van der Waals surface area contributed by atoms with E-state index in [2.05, 4.69) is 10.3 Å². The molecule has 0 heterocycles. The molecule has 2 aromatic rings. The van der Waals surface area contributed by atoms with Crippen molar-refractivity contribution < 1.29 is 4.74 Å². The minimum atomic E-state index is -0.0670. The second-order valence-electron chi connectivity index (χ2n) is 5.48. The quantitative estimate of drug-likeness (QED) is 0.341. The van der Waals surface area contributed by atoms with Crippen LogP contribution in [0.2, 0.25) is 10.0 Å². The summed E-state index contributed by atoms with van der Waals surface area (Å²) in [5, 5.41) is 4.35. The van der Waals surface area contributed by atoms with Crippen LogP contribution in [0.15, 0.2) is 47.5 Å². The number of rotatable bonds is 6. The lowest BCUT2D eigenvalue weighted by Crippen LogP contribution is -2.34. The van der Waals surface area contributed by atoms with E-state index in [0.717, 1.165) is 16.7 Å². The van der Waals surface area contributed by atoms with Crippen molar-refractivity contribution in [2.75, 3.05) is 7.11 Å². The number of nitrogens with zero attached hydrogens (tertiary/aromatic N) is 1. The van der Waals surface area contributed by atoms with Gasteiger partial charge in [0.1, 0.15) is 0 Å². The summed E-state index contributed by atoms with van der Waals surface area (Å²) in [5.41, 5.74) is 9.09.